The van der Waals surface area contributed by atoms with E-state index in [4.69, 9.17) is 9.84 Å². The first-order valence-corrected chi connectivity index (χ1v) is 9.60. The summed E-state index contributed by atoms with van der Waals surface area (Å²) in [6.07, 6.45) is 0. The minimum absolute atomic E-state index is 0. The first-order chi connectivity index (χ1) is 11.7. The van der Waals surface area contributed by atoms with E-state index in [9.17, 15) is 0 Å². The molecule has 0 spiro atoms. The van der Waals surface area contributed by atoms with E-state index >= 15 is 0 Å². The predicted molar refractivity (Wildman–Crippen MR) is 115 cm³/mol. The summed E-state index contributed by atoms with van der Waals surface area (Å²) in [5.41, 5.74) is 0. The van der Waals surface area contributed by atoms with Gasteiger partial charge in [0.05, 0.1) is 19.3 Å². The molecule has 0 aliphatic carbocycles. The molecule has 0 bridgehead atoms. The maximum Gasteiger partial charge on any atom is 0.191 e. The molecule has 1 fully saturated rings. The molecule has 1 aliphatic rings. The normalized spacial score (nSPS) is 18.3. The second kappa shape index (κ2) is 12.9. The smallest absolute Gasteiger partial charge is 0.191 e. The Morgan fingerprint density at radius 3 is 2.76 bits per heavy atom. The number of ether oxygens (including phenoxy) is 1. The zero-order valence-electron chi connectivity index (χ0n) is 15.1. The molecule has 0 aromatic carbocycles. The number of halogens is 1. The Kier molecular flexibility index (Phi) is 11.6. The van der Waals surface area contributed by atoms with Crippen LogP contribution in [0.2, 0.25) is 0 Å². The summed E-state index contributed by atoms with van der Waals surface area (Å²) in [7, 11) is 0. The molecule has 1 saturated heterocycles. The lowest BCUT2D eigenvalue weighted by Crippen LogP contribution is -2.46. The van der Waals surface area contributed by atoms with Crippen molar-refractivity contribution in [2.75, 3.05) is 52.5 Å². The largest absolute Gasteiger partial charge is 0.396 e. The number of nitrogens with one attached hydrogen (secondary N) is 2. The Labute approximate surface area is 172 Å². The number of guanidine groups is 1. The molecule has 8 heteroatoms. The van der Waals surface area contributed by atoms with Gasteiger partial charge in [0.15, 0.2) is 5.96 Å². The molecule has 0 radical (unpaired) electrons. The van der Waals surface area contributed by atoms with Crippen LogP contribution in [-0.2, 0) is 4.74 Å². The highest BCUT2D eigenvalue weighted by Crippen LogP contribution is 2.25. The fraction of sp³-hybridized carbons (Fsp3) is 0.706. The molecule has 2 atom stereocenters. The van der Waals surface area contributed by atoms with Gasteiger partial charge in [-0.15, -0.1) is 35.3 Å². The van der Waals surface area contributed by atoms with Crippen molar-refractivity contribution in [2.45, 2.75) is 19.9 Å². The lowest BCUT2D eigenvalue weighted by Gasteiger charge is -2.34. The molecule has 1 aromatic rings. The number of aliphatic hydroxyl groups excluding tert-OH is 1. The van der Waals surface area contributed by atoms with Crippen molar-refractivity contribution in [1.82, 2.24) is 15.5 Å². The number of hydrogen-bond donors (Lipinski definition) is 3. The monoisotopic (exact) mass is 482 g/mol. The number of rotatable bonds is 8. The van der Waals surface area contributed by atoms with Gasteiger partial charge in [-0.05, 0) is 24.3 Å². The fourth-order valence-corrected chi connectivity index (χ4v) is 3.48. The molecular formula is C17H31IN4O2S. The first-order valence-electron chi connectivity index (χ1n) is 8.72. The topological polar surface area (TPSA) is 69.1 Å². The van der Waals surface area contributed by atoms with Crippen LogP contribution in [0.5, 0.6) is 0 Å². The molecule has 2 heterocycles. The molecule has 25 heavy (non-hydrogen) atoms. The van der Waals surface area contributed by atoms with Crippen molar-refractivity contribution in [2.24, 2.45) is 10.9 Å². The highest BCUT2D eigenvalue weighted by atomic mass is 127. The summed E-state index contributed by atoms with van der Waals surface area (Å²) in [6.45, 7) is 9.97. The van der Waals surface area contributed by atoms with E-state index in [2.05, 4.69) is 45.0 Å². The second-order valence-electron chi connectivity index (χ2n) is 6.07. The van der Waals surface area contributed by atoms with Gasteiger partial charge in [-0.25, -0.2) is 0 Å². The molecule has 2 rings (SSSR count). The van der Waals surface area contributed by atoms with Gasteiger partial charge in [-0.1, -0.05) is 13.0 Å². The van der Waals surface area contributed by atoms with Crippen molar-refractivity contribution in [3.05, 3.63) is 22.4 Å². The molecule has 6 nitrogen and oxygen atoms in total. The van der Waals surface area contributed by atoms with Gasteiger partial charge in [0.1, 0.15) is 0 Å². The van der Waals surface area contributed by atoms with Gasteiger partial charge in [-0.2, -0.15) is 0 Å². The Hall–Kier alpha value is -0.420. The van der Waals surface area contributed by atoms with Crippen molar-refractivity contribution in [3.63, 3.8) is 0 Å². The van der Waals surface area contributed by atoms with Gasteiger partial charge >= 0.3 is 0 Å². The molecule has 0 saturated carbocycles. The van der Waals surface area contributed by atoms with E-state index in [1.54, 1.807) is 11.3 Å². The van der Waals surface area contributed by atoms with Crippen molar-refractivity contribution < 1.29 is 9.84 Å². The minimum Gasteiger partial charge on any atom is -0.396 e. The van der Waals surface area contributed by atoms with Crippen LogP contribution in [0.15, 0.2) is 22.5 Å². The minimum atomic E-state index is 0. The fourth-order valence-electron chi connectivity index (χ4n) is 2.62. The zero-order chi connectivity index (χ0) is 17.2. The lowest BCUT2D eigenvalue weighted by molar-refractivity contribution is 0.0177. The standard InChI is InChI=1S/C17H30N4O2S.HI/c1-3-18-17(19-11-14(2)13-22)20-12-15(16-5-4-10-24-16)21-6-8-23-9-7-21;/h4-5,10,14-15,22H,3,6-9,11-13H2,1-2H3,(H2,18,19,20);1H. The predicted octanol–water partition coefficient (Wildman–Crippen LogP) is 1.92. The van der Waals surface area contributed by atoms with E-state index in [1.165, 1.54) is 4.88 Å². The SMILES string of the molecule is CCNC(=NCC(C)CO)NCC(c1cccs1)N1CCOCC1.I. The van der Waals surface area contributed by atoms with Crippen LogP contribution in [0.25, 0.3) is 0 Å². The first kappa shape index (κ1) is 22.6. The van der Waals surface area contributed by atoms with E-state index < -0.39 is 0 Å². The van der Waals surface area contributed by atoms with Crippen LogP contribution in [0, 0.1) is 5.92 Å². The van der Waals surface area contributed by atoms with Crippen LogP contribution in [0.4, 0.5) is 0 Å². The van der Waals surface area contributed by atoms with E-state index in [0.717, 1.165) is 45.4 Å². The average molecular weight is 482 g/mol. The summed E-state index contributed by atoms with van der Waals surface area (Å²) in [6, 6.07) is 4.63. The molecule has 144 valence electrons. The maximum absolute atomic E-state index is 9.16. The van der Waals surface area contributed by atoms with Crippen molar-refractivity contribution in [3.8, 4) is 0 Å². The number of nitrogens with zero attached hydrogens (tertiary/aromatic N) is 2. The maximum atomic E-state index is 9.16. The van der Waals surface area contributed by atoms with Gasteiger partial charge in [0.25, 0.3) is 0 Å². The van der Waals surface area contributed by atoms with Gasteiger partial charge in [-0.3, -0.25) is 9.89 Å². The highest BCUT2D eigenvalue weighted by molar-refractivity contribution is 14.0. The van der Waals surface area contributed by atoms with Gasteiger partial charge in [0.2, 0.25) is 0 Å². The summed E-state index contributed by atoms with van der Waals surface area (Å²) in [4.78, 5) is 8.42. The van der Waals surface area contributed by atoms with E-state index in [-0.39, 0.29) is 36.5 Å². The van der Waals surface area contributed by atoms with Crippen molar-refractivity contribution >= 4 is 41.3 Å². The number of hydrogen-bond acceptors (Lipinski definition) is 5. The van der Waals surface area contributed by atoms with E-state index in [0.29, 0.717) is 12.6 Å². The van der Waals surface area contributed by atoms with Crippen LogP contribution in [-0.4, -0.2) is 68.5 Å². The van der Waals surface area contributed by atoms with E-state index in [1.807, 2.05) is 6.92 Å². The quantitative estimate of drug-likeness (QED) is 0.300. The zero-order valence-corrected chi connectivity index (χ0v) is 18.3. The molecule has 2 unspecified atom stereocenters. The van der Waals surface area contributed by atoms with Crippen molar-refractivity contribution in [1.29, 1.82) is 0 Å². The van der Waals surface area contributed by atoms with Crippen LogP contribution in [0.3, 0.4) is 0 Å². The Bertz CT molecular complexity index is 481. The number of aliphatic imine (C=N–C) groups is 1. The van der Waals surface area contributed by atoms with Gasteiger partial charge in [0, 0.05) is 44.2 Å². The Morgan fingerprint density at radius 2 is 2.16 bits per heavy atom. The Balaban J connectivity index is 0.00000312. The third-order valence-corrected chi connectivity index (χ3v) is 5.01. The summed E-state index contributed by atoms with van der Waals surface area (Å²) < 4.78 is 5.49. The molecular weight excluding hydrogens is 451 g/mol. The summed E-state index contributed by atoms with van der Waals surface area (Å²) in [5, 5.41) is 18.0. The number of morpholine rings is 1. The third-order valence-electron chi connectivity index (χ3n) is 4.04. The Morgan fingerprint density at radius 1 is 1.40 bits per heavy atom. The highest BCUT2D eigenvalue weighted by Gasteiger charge is 2.23. The van der Waals surface area contributed by atoms with Crippen LogP contribution >= 0.6 is 35.3 Å². The molecule has 3 N–H and O–H groups in total. The summed E-state index contributed by atoms with van der Waals surface area (Å²) >= 11 is 1.80. The average Bonchev–Trinajstić information content (AvgIpc) is 3.14. The molecule has 1 aromatic heterocycles. The molecule has 1 aliphatic heterocycles. The lowest BCUT2D eigenvalue weighted by atomic mass is 10.2. The number of thiophene rings is 1. The second-order valence-corrected chi connectivity index (χ2v) is 7.05. The summed E-state index contributed by atoms with van der Waals surface area (Å²) in [5.74, 6) is 0.986. The number of aliphatic hydroxyl groups is 1. The van der Waals surface area contributed by atoms with Gasteiger partial charge < -0.3 is 20.5 Å². The molecule has 0 amide bonds. The third kappa shape index (κ3) is 7.78. The van der Waals surface area contributed by atoms with Crippen LogP contribution < -0.4 is 10.6 Å². The van der Waals surface area contributed by atoms with Crippen LogP contribution in [0.1, 0.15) is 24.8 Å².